The fourth-order valence-corrected chi connectivity index (χ4v) is 2.66. The van der Waals surface area contributed by atoms with E-state index < -0.39 is 5.97 Å². The number of carboxylic acid groups (broad SMARTS) is 1. The summed E-state index contributed by atoms with van der Waals surface area (Å²) in [5.41, 5.74) is 1.92. The molecule has 1 aliphatic rings. The summed E-state index contributed by atoms with van der Waals surface area (Å²) in [5.74, 6) is -0.227. The van der Waals surface area contributed by atoms with E-state index in [1.807, 2.05) is 16.7 Å². The lowest BCUT2D eigenvalue weighted by molar-refractivity contribution is 0.0689. The third-order valence-corrected chi connectivity index (χ3v) is 3.67. The molecular weight excluding hydrogens is 264 g/mol. The molecule has 1 N–H and O–H groups in total. The second-order valence-corrected chi connectivity index (χ2v) is 5.09. The number of benzene rings is 1. The first kappa shape index (κ1) is 12.2. The van der Waals surface area contributed by atoms with Crippen LogP contribution in [0.3, 0.4) is 0 Å². The van der Waals surface area contributed by atoms with Crippen molar-refractivity contribution in [1.82, 2.24) is 9.55 Å². The van der Waals surface area contributed by atoms with E-state index in [9.17, 15) is 9.90 Å². The highest BCUT2D eigenvalue weighted by atomic mass is 35.5. The second kappa shape index (κ2) is 4.70. The standard InChI is InChI=1S/C14H13ClN2O2/c15-10-6-4-9(5-7-10)13-16-12(14(18)19)11-3-1-2-8-17(11)13/h4-7H,1-3,8H2,(H,18,19). The van der Waals surface area contributed by atoms with Crippen LogP contribution in [0.1, 0.15) is 29.0 Å². The maximum absolute atomic E-state index is 11.3. The van der Waals surface area contributed by atoms with E-state index in [1.54, 1.807) is 12.1 Å². The third-order valence-electron chi connectivity index (χ3n) is 3.42. The highest BCUT2D eigenvalue weighted by molar-refractivity contribution is 6.30. The number of nitrogens with zero attached hydrogens (tertiary/aromatic N) is 2. The Balaban J connectivity index is 2.16. The maximum atomic E-state index is 11.3. The van der Waals surface area contributed by atoms with Crippen molar-refractivity contribution in [3.63, 3.8) is 0 Å². The van der Waals surface area contributed by atoms with Crippen LogP contribution in [0.4, 0.5) is 0 Å². The summed E-state index contributed by atoms with van der Waals surface area (Å²) in [7, 11) is 0. The van der Waals surface area contributed by atoms with E-state index in [1.165, 1.54) is 0 Å². The number of aromatic nitrogens is 2. The predicted octanol–water partition coefficient (Wildman–Crippen LogP) is 3.24. The number of carbonyl (C=O) groups is 1. The molecule has 2 aromatic rings. The summed E-state index contributed by atoms with van der Waals surface area (Å²) in [6.07, 6.45) is 2.86. The Morgan fingerprint density at radius 3 is 2.68 bits per heavy atom. The zero-order valence-corrected chi connectivity index (χ0v) is 11.0. The van der Waals surface area contributed by atoms with E-state index in [4.69, 9.17) is 11.6 Å². The molecule has 4 nitrogen and oxygen atoms in total. The van der Waals surface area contributed by atoms with Gasteiger partial charge in [-0.15, -0.1) is 0 Å². The zero-order chi connectivity index (χ0) is 13.4. The quantitative estimate of drug-likeness (QED) is 0.916. The summed E-state index contributed by atoms with van der Waals surface area (Å²) < 4.78 is 2.02. The molecule has 2 heterocycles. The third kappa shape index (κ3) is 2.12. The molecule has 1 aromatic heterocycles. The van der Waals surface area contributed by atoms with Gasteiger partial charge in [-0.2, -0.15) is 0 Å². The van der Waals surface area contributed by atoms with Gasteiger partial charge in [-0.1, -0.05) is 11.6 Å². The highest BCUT2D eigenvalue weighted by Crippen LogP contribution is 2.28. The summed E-state index contributed by atoms with van der Waals surface area (Å²) >= 11 is 5.88. The van der Waals surface area contributed by atoms with Gasteiger partial charge in [0, 0.05) is 17.1 Å². The fourth-order valence-electron chi connectivity index (χ4n) is 2.53. The predicted molar refractivity (Wildman–Crippen MR) is 72.6 cm³/mol. The van der Waals surface area contributed by atoms with Gasteiger partial charge in [0.2, 0.25) is 0 Å². The smallest absolute Gasteiger partial charge is 0.356 e. The van der Waals surface area contributed by atoms with Crippen molar-refractivity contribution in [3.8, 4) is 11.4 Å². The van der Waals surface area contributed by atoms with Gasteiger partial charge in [0.25, 0.3) is 0 Å². The minimum atomic E-state index is -0.953. The van der Waals surface area contributed by atoms with Crippen LogP contribution >= 0.6 is 11.6 Å². The molecule has 3 rings (SSSR count). The molecule has 0 spiro atoms. The number of fused-ring (bicyclic) bond motifs is 1. The molecule has 0 bridgehead atoms. The Morgan fingerprint density at radius 1 is 1.26 bits per heavy atom. The summed E-state index contributed by atoms with van der Waals surface area (Å²) in [5, 5.41) is 9.91. The Bertz CT molecular complexity index is 632. The van der Waals surface area contributed by atoms with Crippen LogP contribution in [0.2, 0.25) is 5.02 Å². The first-order chi connectivity index (χ1) is 9.16. The number of aromatic carboxylic acids is 1. The number of hydrogen-bond acceptors (Lipinski definition) is 2. The van der Waals surface area contributed by atoms with Crippen molar-refractivity contribution in [2.24, 2.45) is 0 Å². The number of halogens is 1. The van der Waals surface area contributed by atoms with Gasteiger partial charge < -0.3 is 9.67 Å². The Labute approximate surface area is 115 Å². The van der Waals surface area contributed by atoms with Crippen LogP contribution < -0.4 is 0 Å². The molecule has 5 heteroatoms. The number of rotatable bonds is 2. The van der Waals surface area contributed by atoms with Gasteiger partial charge in [0.05, 0.1) is 5.69 Å². The lowest BCUT2D eigenvalue weighted by Crippen LogP contribution is -2.13. The van der Waals surface area contributed by atoms with E-state index in [0.29, 0.717) is 5.02 Å². The average Bonchev–Trinajstić information content (AvgIpc) is 2.79. The molecular formula is C14H13ClN2O2. The molecule has 1 aromatic carbocycles. The van der Waals surface area contributed by atoms with E-state index in [-0.39, 0.29) is 5.69 Å². The molecule has 0 aliphatic carbocycles. The molecule has 0 saturated heterocycles. The summed E-state index contributed by atoms with van der Waals surface area (Å²) in [6.45, 7) is 0.827. The largest absolute Gasteiger partial charge is 0.476 e. The van der Waals surface area contributed by atoms with Crippen molar-refractivity contribution in [3.05, 3.63) is 40.7 Å². The monoisotopic (exact) mass is 276 g/mol. The van der Waals surface area contributed by atoms with E-state index in [0.717, 1.165) is 42.9 Å². The minimum absolute atomic E-state index is 0.185. The normalized spacial score (nSPS) is 14.2. The van der Waals surface area contributed by atoms with E-state index in [2.05, 4.69) is 4.98 Å². The fraction of sp³-hybridized carbons (Fsp3) is 0.286. The van der Waals surface area contributed by atoms with Crippen LogP contribution in [0.25, 0.3) is 11.4 Å². The Morgan fingerprint density at radius 2 is 2.00 bits per heavy atom. The van der Waals surface area contributed by atoms with Crippen molar-refractivity contribution in [2.75, 3.05) is 0 Å². The molecule has 0 unspecified atom stereocenters. The molecule has 0 amide bonds. The lowest BCUT2D eigenvalue weighted by atomic mass is 10.1. The van der Waals surface area contributed by atoms with Crippen LogP contribution in [0, 0.1) is 0 Å². The molecule has 1 aliphatic heterocycles. The first-order valence-electron chi connectivity index (χ1n) is 6.25. The highest BCUT2D eigenvalue weighted by Gasteiger charge is 2.24. The molecule has 0 fully saturated rings. The van der Waals surface area contributed by atoms with Gasteiger partial charge in [-0.3, -0.25) is 0 Å². The van der Waals surface area contributed by atoms with E-state index >= 15 is 0 Å². The summed E-state index contributed by atoms with van der Waals surface area (Å²) in [6, 6.07) is 7.33. The van der Waals surface area contributed by atoms with Crippen LogP contribution in [-0.2, 0) is 13.0 Å². The minimum Gasteiger partial charge on any atom is -0.476 e. The number of hydrogen-bond donors (Lipinski definition) is 1. The second-order valence-electron chi connectivity index (χ2n) is 4.65. The SMILES string of the molecule is O=C(O)c1nc(-c2ccc(Cl)cc2)n2c1CCCC2. The number of carboxylic acids is 1. The van der Waals surface area contributed by atoms with Crippen molar-refractivity contribution in [1.29, 1.82) is 0 Å². The lowest BCUT2D eigenvalue weighted by Gasteiger charge is -2.16. The van der Waals surface area contributed by atoms with Crippen LogP contribution in [-0.4, -0.2) is 20.6 Å². The van der Waals surface area contributed by atoms with Crippen molar-refractivity contribution < 1.29 is 9.90 Å². The van der Waals surface area contributed by atoms with Gasteiger partial charge in [-0.05, 0) is 43.5 Å². The van der Waals surface area contributed by atoms with Gasteiger partial charge in [0.15, 0.2) is 5.69 Å². The Kier molecular flexibility index (Phi) is 3.03. The topological polar surface area (TPSA) is 55.1 Å². The van der Waals surface area contributed by atoms with Gasteiger partial charge in [0.1, 0.15) is 5.82 Å². The number of imidazole rings is 1. The molecule has 0 atom stereocenters. The van der Waals surface area contributed by atoms with Crippen LogP contribution in [0.15, 0.2) is 24.3 Å². The molecule has 0 saturated carbocycles. The summed E-state index contributed by atoms with van der Waals surface area (Å²) in [4.78, 5) is 15.6. The Hall–Kier alpha value is -1.81. The molecule has 19 heavy (non-hydrogen) atoms. The van der Waals surface area contributed by atoms with Gasteiger partial charge in [-0.25, -0.2) is 9.78 Å². The van der Waals surface area contributed by atoms with Crippen molar-refractivity contribution in [2.45, 2.75) is 25.8 Å². The first-order valence-corrected chi connectivity index (χ1v) is 6.63. The van der Waals surface area contributed by atoms with Crippen molar-refractivity contribution >= 4 is 17.6 Å². The van der Waals surface area contributed by atoms with Gasteiger partial charge >= 0.3 is 5.97 Å². The average molecular weight is 277 g/mol. The molecule has 0 radical (unpaired) electrons. The maximum Gasteiger partial charge on any atom is 0.356 e. The van der Waals surface area contributed by atoms with Crippen LogP contribution in [0.5, 0.6) is 0 Å². The molecule has 98 valence electrons. The zero-order valence-electron chi connectivity index (χ0n) is 10.3.